The highest BCUT2D eigenvalue weighted by Crippen LogP contribution is 2.26. The molecule has 0 amide bonds. The van der Waals surface area contributed by atoms with E-state index < -0.39 is 0 Å². The van der Waals surface area contributed by atoms with Crippen LogP contribution in [-0.2, 0) is 4.74 Å². The maximum atomic E-state index is 8.97. The molecule has 0 spiro atoms. The van der Waals surface area contributed by atoms with Gasteiger partial charge in [0.25, 0.3) is 0 Å². The molecule has 1 aliphatic heterocycles. The fourth-order valence-electron chi connectivity index (χ4n) is 2.09. The zero-order valence-corrected chi connectivity index (χ0v) is 9.57. The number of hydrogen-bond acceptors (Lipinski definition) is 3. The predicted molar refractivity (Wildman–Crippen MR) is 60.0 cm³/mol. The number of hydrogen-bond donors (Lipinski definition) is 1. The standard InChI is InChI=1S/C12H17N3O/c1-2-9(7-13)12-14-8-11(15-12)10-3-5-16-6-4-10/h8-10H,2-6H2,1H3,(H,14,15). The van der Waals surface area contributed by atoms with Crippen LogP contribution in [0, 0.1) is 11.3 Å². The molecular formula is C12H17N3O. The van der Waals surface area contributed by atoms with Crippen LogP contribution in [-0.4, -0.2) is 23.2 Å². The third kappa shape index (κ3) is 2.25. The molecule has 0 saturated carbocycles. The summed E-state index contributed by atoms with van der Waals surface area (Å²) < 4.78 is 5.33. The van der Waals surface area contributed by atoms with Crippen molar-refractivity contribution in [1.82, 2.24) is 9.97 Å². The van der Waals surface area contributed by atoms with Gasteiger partial charge in [0.2, 0.25) is 0 Å². The SMILES string of the molecule is CCC(C#N)c1ncc(C2CCOCC2)[nH]1. The van der Waals surface area contributed by atoms with Crippen molar-refractivity contribution in [2.75, 3.05) is 13.2 Å². The van der Waals surface area contributed by atoms with E-state index in [4.69, 9.17) is 10.00 Å². The Hall–Kier alpha value is -1.34. The summed E-state index contributed by atoms with van der Waals surface area (Å²) in [5.74, 6) is 1.23. The summed E-state index contributed by atoms with van der Waals surface area (Å²) in [4.78, 5) is 7.61. The first kappa shape index (κ1) is 11.2. The molecule has 2 heterocycles. The van der Waals surface area contributed by atoms with Crippen molar-refractivity contribution in [2.24, 2.45) is 0 Å². The van der Waals surface area contributed by atoms with Crippen molar-refractivity contribution in [3.63, 3.8) is 0 Å². The normalized spacial score (nSPS) is 19.2. The van der Waals surface area contributed by atoms with Gasteiger partial charge in [-0.2, -0.15) is 5.26 Å². The number of nitrogens with zero attached hydrogens (tertiary/aromatic N) is 2. The molecule has 2 rings (SSSR count). The van der Waals surface area contributed by atoms with E-state index in [1.54, 1.807) is 0 Å². The third-order valence-electron chi connectivity index (χ3n) is 3.17. The highest BCUT2D eigenvalue weighted by atomic mass is 16.5. The van der Waals surface area contributed by atoms with Crippen molar-refractivity contribution < 1.29 is 4.74 Å². The minimum Gasteiger partial charge on any atom is -0.381 e. The van der Waals surface area contributed by atoms with E-state index in [2.05, 4.69) is 16.0 Å². The number of rotatable bonds is 3. The summed E-state index contributed by atoms with van der Waals surface area (Å²) in [7, 11) is 0. The molecule has 0 bridgehead atoms. The van der Waals surface area contributed by atoms with E-state index in [-0.39, 0.29) is 5.92 Å². The van der Waals surface area contributed by atoms with Gasteiger partial charge in [-0.25, -0.2) is 4.98 Å². The molecule has 4 heteroatoms. The van der Waals surface area contributed by atoms with Crippen LogP contribution < -0.4 is 0 Å². The Labute approximate surface area is 95.6 Å². The lowest BCUT2D eigenvalue weighted by molar-refractivity contribution is 0.0845. The van der Waals surface area contributed by atoms with Crippen molar-refractivity contribution >= 4 is 0 Å². The molecule has 1 saturated heterocycles. The maximum absolute atomic E-state index is 8.97. The van der Waals surface area contributed by atoms with Gasteiger partial charge in [0.1, 0.15) is 11.7 Å². The zero-order chi connectivity index (χ0) is 11.4. The second-order valence-electron chi connectivity index (χ2n) is 4.20. The molecule has 1 aromatic heterocycles. The summed E-state index contributed by atoms with van der Waals surface area (Å²) in [5.41, 5.74) is 1.16. The summed E-state index contributed by atoms with van der Waals surface area (Å²) in [6.07, 6.45) is 4.78. The first-order chi connectivity index (χ1) is 7.85. The van der Waals surface area contributed by atoms with E-state index in [0.29, 0.717) is 5.92 Å². The molecule has 1 fully saturated rings. The smallest absolute Gasteiger partial charge is 0.123 e. The minimum absolute atomic E-state index is 0.103. The zero-order valence-electron chi connectivity index (χ0n) is 9.57. The molecule has 1 aromatic rings. The Bertz CT molecular complexity index is 374. The van der Waals surface area contributed by atoms with Crippen molar-refractivity contribution in [3.8, 4) is 6.07 Å². The summed E-state index contributed by atoms with van der Waals surface area (Å²) in [6.45, 7) is 3.66. The number of ether oxygens (including phenoxy) is 1. The van der Waals surface area contributed by atoms with Crippen LogP contribution in [0.5, 0.6) is 0 Å². The highest BCUT2D eigenvalue weighted by Gasteiger charge is 2.19. The molecule has 86 valence electrons. The molecule has 16 heavy (non-hydrogen) atoms. The van der Waals surface area contributed by atoms with Crippen LogP contribution >= 0.6 is 0 Å². The van der Waals surface area contributed by atoms with Crippen molar-refractivity contribution in [1.29, 1.82) is 5.26 Å². The number of H-pyrrole nitrogens is 1. The average molecular weight is 219 g/mol. The fourth-order valence-corrected chi connectivity index (χ4v) is 2.09. The van der Waals surface area contributed by atoms with E-state index in [0.717, 1.165) is 44.0 Å². The number of nitrogens with one attached hydrogen (secondary N) is 1. The first-order valence-electron chi connectivity index (χ1n) is 5.87. The van der Waals surface area contributed by atoms with Gasteiger partial charge in [0.15, 0.2) is 0 Å². The predicted octanol–water partition coefficient (Wildman–Crippen LogP) is 2.32. The van der Waals surface area contributed by atoms with Crippen molar-refractivity contribution in [2.45, 2.75) is 38.0 Å². The molecule has 0 radical (unpaired) electrons. The number of nitriles is 1. The summed E-state index contributed by atoms with van der Waals surface area (Å²) in [6, 6.07) is 2.27. The van der Waals surface area contributed by atoms with Crippen LogP contribution in [0.4, 0.5) is 0 Å². The average Bonchev–Trinajstić information content (AvgIpc) is 2.81. The Balaban J connectivity index is 2.09. The van der Waals surface area contributed by atoms with Crippen LogP contribution in [0.2, 0.25) is 0 Å². The molecule has 1 N–H and O–H groups in total. The summed E-state index contributed by atoms with van der Waals surface area (Å²) >= 11 is 0. The molecule has 1 unspecified atom stereocenters. The number of imidazole rings is 1. The second-order valence-corrected chi connectivity index (χ2v) is 4.20. The molecule has 1 atom stereocenters. The Morgan fingerprint density at radius 2 is 2.38 bits per heavy atom. The van der Waals surface area contributed by atoms with E-state index in [1.165, 1.54) is 0 Å². The van der Waals surface area contributed by atoms with Gasteiger partial charge in [-0.05, 0) is 19.3 Å². The lowest BCUT2D eigenvalue weighted by Crippen LogP contribution is -2.14. The van der Waals surface area contributed by atoms with Crippen LogP contribution in [0.3, 0.4) is 0 Å². The van der Waals surface area contributed by atoms with Gasteiger partial charge >= 0.3 is 0 Å². The van der Waals surface area contributed by atoms with E-state index >= 15 is 0 Å². The lowest BCUT2D eigenvalue weighted by Gasteiger charge is -2.20. The quantitative estimate of drug-likeness (QED) is 0.848. The van der Waals surface area contributed by atoms with Gasteiger partial charge in [-0.1, -0.05) is 6.92 Å². The Morgan fingerprint density at radius 1 is 1.62 bits per heavy atom. The maximum Gasteiger partial charge on any atom is 0.123 e. The largest absolute Gasteiger partial charge is 0.381 e. The van der Waals surface area contributed by atoms with Crippen LogP contribution in [0.15, 0.2) is 6.20 Å². The minimum atomic E-state index is -0.103. The Kier molecular flexibility index (Phi) is 3.58. The third-order valence-corrected chi connectivity index (χ3v) is 3.17. The molecule has 0 aliphatic carbocycles. The Morgan fingerprint density at radius 3 is 3.00 bits per heavy atom. The lowest BCUT2D eigenvalue weighted by atomic mass is 9.97. The summed E-state index contributed by atoms with van der Waals surface area (Å²) in [5, 5.41) is 8.97. The van der Waals surface area contributed by atoms with Crippen molar-refractivity contribution in [3.05, 3.63) is 17.7 Å². The second kappa shape index (κ2) is 5.13. The number of aromatic amines is 1. The van der Waals surface area contributed by atoms with Gasteiger partial charge < -0.3 is 9.72 Å². The van der Waals surface area contributed by atoms with Gasteiger partial charge in [-0.3, -0.25) is 0 Å². The van der Waals surface area contributed by atoms with Crippen LogP contribution in [0.25, 0.3) is 0 Å². The van der Waals surface area contributed by atoms with Gasteiger partial charge in [0.05, 0.1) is 6.07 Å². The van der Waals surface area contributed by atoms with Crippen LogP contribution in [0.1, 0.15) is 49.5 Å². The molecule has 4 nitrogen and oxygen atoms in total. The van der Waals surface area contributed by atoms with Gasteiger partial charge in [-0.15, -0.1) is 0 Å². The molecule has 1 aliphatic rings. The number of aromatic nitrogens is 2. The molecule has 0 aromatic carbocycles. The van der Waals surface area contributed by atoms with E-state index in [9.17, 15) is 0 Å². The monoisotopic (exact) mass is 219 g/mol. The van der Waals surface area contributed by atoms with Gasteiger partial charge in [0, 0.05) is 31.0 Å². The molecular weight excluding hydrogens is 202 g/mol. The fraction of sp³-hybridized carbons (Fsp3) is 0.667. The van der Waals surface area contributed by atoms with E-state index in [1.807, 2.05) is 13.1 Å². The highest BCUT2D eigenvalue weighted by molar-refractivity contribution is 5.15. The topological polar surface area (TPSA) is 61.7 Å². The first-order valence-corrected chi connectivity index (χ1v) is 5.87.